The molecule has 0 bridgehead atoms. The Labute approximate surface area is 187 Å². The third-order valence-corrected chi connectivity index (χ3v) is 11.0. The predicted octanol–water partition coefficient (Wildman–Crippen LogP) is 4.97. The van der Waals surface area contributed by atoms with Gasteiger partial charge in [0.15, 0.2) is 8.32 Å². The number of hydrogen-bond donors (Lipinski definition) is 2. The molecule has 6 heteroatoms. The molecule has 5 nitrogen and oxygen atoms in total. The van der Waals surface area contributed by atoms with Crippen LogP contribution in [0.4, 0.5) is 0 Å². The van der Waals surface area contributed by atoms with E-state index >= 15 is 0 Å². The molecular weight excluding hydrogens is 406 g/mol. The van der Waals surface area contributed by atoms with Gasteiger partial charge in [-0.3, -0.25) is 4.79 Å². The predicted molar refractivity (Wildman–Crippen MR) is 127 cm³/mol. The molecule has 2 aromatic carbocycles. The number of carboxylic acid groups (broad SMARTS) is 1. The van der Waals surface area contributed by atoms with Gasteiger partial charge in [0.2, 0.25) is 5.91 Å². The van der Waals surface area contributed by atoms with E-state index in [2.05, 4.69) is 39.2 Å². The van der Waals surface area contributed by atoms with Gasteiger partial charge in [-0.15, -0.1) is 0 Å². The average Bonchev–Trinajstić information content (AvgIpc) is 2.72. The van der Waals surface area contributed by atoms with Crippen molar-refractivity contribution in [1.82, 2.24) is 5.32 Å². The van der Waals surface area contributed by atoms with Crippen molar-refractivity contribution in [1.29, 1.82) is 0 Å². The summed E-state index contributed by atoms with van der Waals surface area (Å²) in [4.78, 5) is 25.4. The van der Waals surface area contributed by atoms with Gasteiger partial charge in [0.05, 0.1) is 5.41 Å². The Morgan fingerprint density at radius 1 is 0.935 bits per heavy atom. The van der Waals surface area contributed by atoms with Crippen LogP contribution < -0.4 is 5.32 Å². The summed E-state index contributed by atoms with van der Waals surface area (Å²) in [5.41, 5.74) is 0.594. The fraction of sp³-hybridized carbons (Fsp3) is 0.440. The molecule has 0 fully saturated rings. The van der Waals surface area contributed by atoms with Gasteiger partial charge in [0.1, 0.15) is 6.04 Å². The SMILES string of the molecule is CC(C(=O)N[C@@H](CCO[Si](C)(C)C(C)(C)C)C(=O)O)(c1ccccc1)c1ccccc1. The van der Waals surface area contributed by atoms with Crippen LogP contribution in [-0.4, -0.2) is 37.9 Å². The number of benzene rings is 2. The van der Waals surface area contributed by atoms with Crippen molar-refractivity contribution in [3.05, 3.63) is 71.8 Å². The second-order valence-electron chi connectivity index (χ2n) is 9.62. The lowest BCUT2D eigenvalue weighted by atomic mass is 9.75. The Morgan fingerprint density at radius 2 is 1.39 bits per heavy atom. The molecule has 0 spiro atoms. The van der Waals surface area contributed by atoms with E-state index in [4.69, 9.17) is 4.43 Å². The Bertz CT molecular complexity index is 836. The lowest BCUT2D eigenvalue weighted by Crippen LogP contribution is -2.51. The van der Waals surface area contributed by atoms with E-state index < -0.39 is 25.7 Å². The molecule has 0 unspecified atom stereocenters. The Balaban J connectivity index is 2.23. The van der Waals surface area contributed by atoms with Crippen LogP contribution in [0.3, 0.4) is 0 Å². The second-order valence-corrected chi connectivity index (χ2v) is 14.4. The van der Waals surface area contributed by atoms with Crippen molar-refractivity contribution in [3.63, 3.8) is 0 Å². The van der Waals surface area contributed by atoms with Crippen LogP contribution in [-0.2, 0) is 19.4 Å². The molecule has 2 N–H and O–H groups in total. The molecule has 0 saturated carbocycles. The second kappa shape index (κ2) is 9.79. The molecule has 2 rings (SSSR count). The first-order valence-electron chi connectivity index (χ1n) is 10.7. The molecule has 1 amide bonds. The molecule has 0 heterocycles. The smallest absolute Gasteiger partial charge is 0.326 e. The summed E-state index contributed by atoms with van der Waals surface area (Å²) in [6, 6.07) is 17.9. The summed E-state index contributed by atoms with van der Waals surface area (Å²) < 4.78 is 6.14. The number of hydrogen-bond acceptors (Lipinski definition) is 3. The highest BCUT2D eigenvalue weighted by Crippen LogP contribution is 2.36. The zero-order chi connectivity index (χ0) is 23.3. The standard InChI is InChI=1S/C25H35NO4Si/c1-24(2,3)31(5,6)30-18-17-21(22(27)28)26-23(29)25(4,19-13-9-7-10-14-19)20-15-11-8-12-16-20/h7-16,21H,17-18H2,1-6H3,(H,26,29)(H,27,28)/t21-/m0/s1. The number of carbonyl (C=O) groups excluding carboxylic acids is 1. The minimum atomic E-state index is -1.99. The molecule has 0 aromatic heterocycles. The highest BCUT2D eigenvalue weighted by Gasteiger charge is 2.40. The van der Waals surface area contributed by atoms with E-state index in [0.717, 1.165) is 11.1 Å². The van der Waals surface area contributed by atoms with E-state index in [0.29, 0.717) is 6.61 Å². The molecule has 0 aliphatic carbocycles. The van der Waals surface area contributed by atoms with Gasteiger partial charge in [0.25, 0.3) is 0 Å². The van der Waals surface area contributed by atoms with Gasteiger partial charge in [-0.25, -0.2) is 4.79 Å². The summed E-state index contributed by atoms with van der Waals surface area (Å²) in [5, 5.41) is 12.6. The Morgan fingerprint density at radius 3 is 1.77 bits per heavy atom. The van der Waals surface area contributed by atoms with Crippen LogP contribution in [0.15, 0.2) is 60.7 Å². The molecule has 31 heavy (non-hydrogen) atoms. The summed E-state index contributed by atoms with van der Waals surface area (Å²) in [6.45, 7) is 12.8. The van der Waals surface area contributed by atoms with Crippen molar-refractivity contribution >= 4 is 20.2 Å². The third kappa shape index (κ3) is 5.83. The van der Waals surface area contributed by atoms with Crippen molar-refractivity contribution in [3.8, 4) is 0 Å². The molecule has 2 aromatic rings. The fourth-order valence-corrected chi connectivity index (χ4v) is 4.24. The van der Waals surface area contributed by atoms with E-state index in [1.54, 1.807) is 0 Å². The summed E-state index contributed by atoms with van der Waals surface area (Å²) >= 11 is 0. The Kier molecular flexibility index (Phi) is 7.84. The quantitative estimate of drug-likeness (QED) is 0.539. The van der Waals surface area contributed by atoms with Crippen molar-refractivity contribution in [2.75, 3.05) is 6.61 Å². The Hall–Kier alpha value is -2.44. The van der Waals surface area contributed by atoms with Crippen LogP contribution in [0.25, 0.3) is 0 Å². The summed E-state index contributed by atoms with van der Waals surface area (Å²) in [7, 11) is -1.99. The first-order chi connectivity index (χ1) is 14.4. The van der Waals surface area contributed by atoms with Gasteiger partial charge in [-0.05, 0) is 36.2 Å². The molecule has 0 aliphatic heterocycles. The molecule has 0 saturated heterocycles. The van der Waals surface area contributed by atoms with Gasteiger partial charge >= 0.3 is 5.97 Å². The normalized spacial score (nSPS) is 13.5. The van der Waals surface area contributed by atoms with E-state index in [9.17, 15) is 14.7 Å². The maximum Gasteiger partial charge on any atom is 0.326 e. The van der Waals surface area contributed by atoms with E-state index in [1.165, 1.54) is 0 Å². The highest BCUT2D eigenvalue weighted by atomic mass is 28.4. The number of nitrogens with one attached hydrogen (secondary N) is 1. The number of amides is 1. The van der Waals surface area contributed by atoms with Crippen molar-refractivity contribution < 1.29 is 19.1 Å². The summed E-state index contributed by atoms with van der Waals surface area (Å²) in [5.74, 6) is -1.40. The van der Waals surface area contributed by atoms with Crippen LogP contribution in [0.2, 0.25) is 18.1 Å². The lowest BCUT2D eigenvalue weighted by molar-refractivity contribution is -0.142. The first kappa shape index (κ1) is 24.8. The van der Waals surface area contributed by atoms with Crippen LogP contribution >= 0.6 is 0 Å². The zero-order valence-electron chi connectivity index (χ0n) is 19.4. The average molecular weight is 442 g/mol. The molecule has 168 valence electrons. The number of rotatable bonds is 9. The zero-order valence-corrected chi connectivity index (χ0v) is 20.4. The molecule has 0 aliphatic rings. The van der Waals surface area contributed by atoms with Crippen LogP contribution in [0.5, 0.6) is 0 Å². The number of aliphatic carboxylic acids is 1. The fourth-order valence-electron chi connectivity index (χ4n) is 3.18. The first-order valence-corrected chi connectivity index (χ1v) is 13.6. The van der Waals surface area contributed by atoms with Crippen molar-refractivity contribution in [2.24, 2.45) is 0 Å². The molecule has 0 radical (unpaired) electrons. The number of carbonyl (C=O) groups is 2. The summed E-state index contributed by atoms with van der Waals surface area (Å²) in [6.07, 6.45) is 0.216. The maximum absolute atomic E-state index is 13.5. The van der Waals surface area contributed by atoms with Gasteiger partial charge in [-0.1, -0.05) is 81.4 Å². The van der Waals surface area contributed by atoms with Crippen molar-refractivity contribution in [2.45, 2.75) is 63.7 Å². The largest absolute Gasteiger partial charge is 0.480 e. The minimum absolute atomic E-state index is 0.0359. The minimum Gasteiger partial charge on any atom is -0.480 e. The van der Waals surface area contributed by atoms with Gasteiger partial charge in [-0.2, -0.15) is 0 Å². The van der Waals surface area contributed by atoms with Gasteiger partial charge < -0.3 is 14.8 Å². The number of carboxylic acids is 1. The molecular formula is C25H35NO4Si. The highest BCUT2D eigenvalue weighted by molar-refractivity contribution is 6.74. The molecule has 1 atom stereocenters. The maximum atomic E-state index is 13.5. The lowest BCUT2D eigenvalue weighted by Gasteiger charge is -2.36. The third-order valence-electron chi connectivity index (χ3n) is 6.44. The van der Waals surface area contributed by atoms with Crippen LogP contribution in [0.1, 0.15) is 45.2 Å². The van der Waals surface area contributed by atoms with E-state index in [1.807, 2.05) is 67.6 Å². The monoisotopic (exact) mass is 441 g/mol. The topological polar surface area (TPSA) is 75.6 Å². The van der Waals surface area contributed by atoms with Gasteiger partial charge in [0, 0.05) is 13.0 Å². The van der Waals surface area contributed by atoms with Crippen LogP contribution in [0, 0.1) is 0 Å². The van der Waals surface area contributed by atoms with E-state index in [-0.39, 0.29) is 17.4 Å².